The largest absolute Gasteiger partial charge is 0.497 e. The standard InChI is InChI=1S/C9H7ClN2O.C2H6/c1-13-6-2-3-7-8(4-6)11-5-9(10)12-7;1-2/h2-5H,1H3;1-2H3. The summed E-state index contributed by atoms with van der Waals surface area (Å²) in [5.74, 6) is 0.768. The second-order valence-electron chi connectivity index (χ2n) is 2.55. The van der Waals surface area contributed by atoms with Crippen LogP contribution in [0, 0.1) is 0 Å². The normalized spacial score (nSPS) is 9.33. The minimum atomic E-state index is 0.401. The number of hydrogen-bond donors (Lipinski definition) is 0. The molecule has 4 heteroatoms. The predicted octanol–water partition coefficient (Wildman–Crippen LogP) is 3.32. The maximum absolute atomic E-state index is 5.69. The molecule has 0 fully saturated rings. The predicted molar refractivity (Wildman–Crippen MR) is 62.4 cm³/mol. The number of methoxy groups -OCH3 is 1. The SMILES string of the molecule is CC.COc1ccc2nc(Cl)cnc2c1. The zero-order valence-electron chi connectivity index (χ0n) is 8.99. The lowest BCUT2D eigenvalue weighted by Crippen LogP contribution is -1.86. The van der Waals surface area contributed by atoms with E-state index in [9.17, 15) is 0 Å². The molecule has 3 nitrogen and oxygen atoms in total. The molecule has 0 bridgehead atoms. The molecular formula is C11H13ClN2O. The highest BCUT2D eigenvalue weighted by Crippen LogP contribution is 2.18. The Balaban J connectivity index is 0.000000531. The van der Waals surface area contributed by atoms with E-state index in [-0.39, 0.29) is 0 Å². The summed E-state index contributed by atoms with van der Waals surface area (Å²) >= 11 is 5.69. The van der Waals surface area contributed by atoms with E-state index in [4.69, 9.17) is 16.3 Å². The van der Waals surface area contributed by atoms with Crippen LogP contribution in [0.4, 0.5) is 0 Å². The number of benzene rings is 1. The summed E-state index contributed by atoms with van der Waals surface area (Å²) in [6.07, 6.45) is 1.52. The lowest BCUT2D eigenvalue weighted by Gasteiger charge is -2.00. The average Bonchev–Trinajstić information content (AvgIpc) is 2.31. The summed E-state index contributed by atoms with van der Waals surface area (Å²) < 4.78 is 5.05. The molecule has 1 aromatic heterocycles. The summed E-state index contributed by atoms with van der Waals surface area (Å²) in [4.78, 5) is 8.21. The second kappa shape index (κ2) is 5.51. The fourth-order valence-corrected chi connectivity index (χ4v) is 1.23. The molecule has 0 saturated carbocycles. The highest BCUT2D eigenvalue weighted by molar-refractivity contribution is 6.29. The average molecular weight is 225 g/mol. The number of aromatic nitrogens is 2. The molecule has 1 heterocycles. The zero-order valence-corrected chi connectivity index (χ0v) is 9.75. The van der Waals surface area contributed by atoms with Crippen molar-refractivity contribution in [3.05, 3.63) is 29.5 Å². The van der Waals surface area contributed by atoms with E-state index < -0.39 is 0 Å². The van der Waals surface area contributed by atoms with Crippen LogP contribution in [0.1, 0.15) is 13.8 Å². The molecule has 2 rings (SSSR count). The molecule has 0 radical (unpaired) electrons. The van der Waals surface area contributed by atoms with Gasteiger partial charge in [-0.2, -0.15) is 0 Å². The van der Waals surface area contributed by atoms with Crippen LogP contribution in [-0.4, -0.2) is 17.1 Å². The van der Waals surface area contributed by atoms with Gasteiger partial charge < -0.3 is 4.74 Å². The fraction of sp³-hybridized carbons (Fsp3) is 0.273. The van der Waals surface area contributed by atoms with Gasteiger partial charge in [-0.3, -0.25) is 4.98 Å². The number of fused-ring (bicyclic) bond motifs is 1. The molecule has 0 aliphatic heterocycles. The number of hydrogen-bond acceptors (Lipinski definition) is 3. The van der Waals surface area contributed by atoms with Crippen LogP contribution in [0.5, 0.6) is 5.75 Å². The Labute approximate surface area is 94.1 Å². The first kappa shape index (κ1) is 11.7. The first-order chi connectivity index (χ1) is 7.29. The van der Waals surface area contributed by atoms with E-state index in [1.165, 1.54) is 6.20 Å². The molecule has 0 spiro atoms. The van der Waals surface area contributed by atoms with Crippen LogP contribution >= 0.6 is 11.6 Å². The Hall–Kier alpha value is -1.35. The van der Waals surface area contributed by atoms with Gasteiger partial charge in [-0.15, -0.1) is 0 Å². The smallest absolute Gasteiger partial charge is 0.148 e. The lowest BCUT2D eigenvalue weighted by molar-refractivity contribution is 0.415. The quantitative estimate of drug-likeness (QED) is 0.746. The van der Waals surface area contributed by atoms with Gasteiger partial charge in [0.1, 0.15) is 10.9 Å². The molecule has 80 valence electrons. The number of ether oxygens (including phenoxy) is 1. The third-order valence-electron chi connectivity index (χ3n) is 1.72. The molecule has 0 N–H and O–H groups in total. The van der Waals surface area contributed by atoms with Crippen LogP contribution < -0.4 is 4.74 Å². The summed E-state index contributed by atoms with van der Waals surface area (Å²) in [7, 11) is 1.62. The van der Waals surface area contributed by atoms with Crippen molar-refractivity contribution in [1.29, 1.82) is 0 Å². The number of halogens is 1. The molecule has 0 saturated heterocycles. The van der Waals surface area contributed by atoms with Crippen LogP contribution in [-0.2, 0) is 0 Å². The van der Waals surface area contributed by atoms with Crippen molar-refractivity contribution in [2.75, 3.05) is 7.11 Å². The van der Waals surface area contributed by atoms with Gasteiger partial charge in [0.25, 0.3) is 0 Å². The van der Waals surface area contributed by atoms with Gasteiger partial charge >= 0.3 is 0 Å². The minimum Gasteiger partial charge on any atom is -0.497 e. The molecular weight excluding hydrogens is 212 g/mol. The topological polar surface area (TPSA) is 35.0 Å². The Morgan fingerprint density at radius 2 is 1.93 bits per heavy atom. The van der Waals surface area contributed by atoms with Crippen LogP contribution in [0.25, 0.3) is 11.0 Å². The Kier molecular flexibility index (Phi) is 4.31. The van der Waals surface area contributed by atoms with Crippen molar-refractivity contribution < 1.29 is 4.74 Å². The van der Waals surface area contributed by atoms with E-state index in [1.54, 1.807) is 7.11 Å². The van der Waals surface area contributed by atoms with Crippen molar-refractivity contribution >= 4 is 22.6 Å². The van der Waals surface area contributed by atoms with Gasteiger partial charge in [0.2, 0.25) is 0 Å². The summed E-state index contributed by atoms with van der Waals surface area (Å²) in [6, 6.07) is 5.47. The monoisotopic (exact) mass is 224 g/mol. The van der Waals surface area contributed by atoms with Crippen molar-refractivity contribution in [2.45, 2.75) is 13.8 Å². The molecule has 0 aliphatic rings. The maximum atomic E-state index is 5.69. The zero-order chi connectivity index (χ0) is 11.3. The van der Waals surface area contributed by atoms with E-state index in [1.807, 2.05) is 32.0 Å². The molecule has 0 aliphatic carbocycles. The summed E-state index contributed by atoms with van der Waals surface area (Å²) in [5.41, 5.74) is 1.55. The Morgan fingerprint density at radius 3 is 2.60 bits per heavy atom. The van der Waals surface area contributed by atoms with E-state index in [0.29, 0.717) is 5.15 Å². The van der Waals surface area contributed by atoms with E-state index >= 15 is 0 Å². The third kappa shape index (κ3) is 2.80. The van der Waals surface area contributed by atoms with Gasteiger partial charge in [-0.25, -0.2) is 4.98 Å². The highest BCUT2D eigenvalue weighted by atomic mass is 35.5. The first-order valence-corrected chi connectivity index (χ1v) is 5.14. The fourth-order valence-electron chi connectivity index (χ4n) is 1.09. The van der Waals surface area contributed by atoms with Gasteiger partial charge in [0.15, 0.2) is 0 Å². The molecule has 2 aromatic rings. The van der Waals surface area contributed by atoms with Crippen LogP contribution in [0.2, 0.25) is 5.15 Å². The molecule has 0 amide bonds. The minimum absolute atomic E-state index is 0.401. The second-order valence-corrected chi connectivity index (χ2v) is 2.93. The molecule has 0 atom stereocenters. The lowest BCUT2D eigenvalue weighted by atomic mass is 10.3. The molecule has 15 heavy (non-hydrogen) atoms. The summed E-state index contributed by atoms with van der Waals surface area (Å²) in [5, 5.41) is 0.401. The number of rotatable bonds is 1. The van der Waals surface area contributed by atoms with Crippen molar-refractivity contribution in [3.63, 3.8) is 0 Å². The number of nitrogens with zero attached hydrogens (tertiary/aromatic N) is 2. The van der Waals surface area contributed by atoms with E-state index in [2.05, 4.69) is 9.97 Å². The Morgan fingerprint density at radius 1 is 1.20 bits per heavy atom. The van der Waals surface area contributed by atoms with Crippen LogP contribution in [0.15, 0.2) is 24.4 Å². The Bertz CT molecular complexity index is 446. The summed E-state index contributed by atoms with van der Waals surface area (Å²) in [6.45, 7) is 4.00. The maximum Gasteiger partial charge on any atom is 0.148 e. The molecule has 0 unspecified atom stereocenters. The third-order valence-corrected chi connectivity index (χ3v) is 1.90. The van der Waals surface area contributed by atoms with Gasteiger partial charge in [0.05, 0.1) is 24.3 Å². The van der Waals surface area contributed by atoms with Gasteiger partial charge in [-0.1, -0.05) is 25.4 Å². The van der Waals surface area contributed by atoms with E-state index in [0.717, 1.165) is 16.8 Å². The van der Waals surface area contributed by atoms with Crippen LogP contribution in [0.3, 0.4) is 0 Å². The van der Waals surface area contributed by atoms with Gasteiger partial charge in [0, 0.05) is 6.07 Å². The first-order valence-electron chi connectivity index (χ1n) is 4.76. The van der Waals surface area contributed by atoms with Crippen molar-refractivity contribution in [2.24, 2.45) is 0 Å². The van der Waals surface area contributed by atoms with Gasteiger partial charge in [-0.05, 0) is 12.1 Å². The molecule has 1 aromatic carbocycles. The highest BCUT2D eigenvalue weighted by Gasteiger charge is 1.99. The van der Waals surface area contributed by atoms with Crippen molar-refractivity contribution in [3.8, 4) is 5.75 Å². The van der Waals surface area contributed by atoms with Crippen molar-refractivity contribution in [1.82, 2.24) is 9.97 Å².